The van der Waals surface area contributed by atoms with Crippen LogP contribution >= 0.6 is 11.3 Å². The van der Waals surface area contributed by atoms with Gasteiger partial charge in [-0.2, -0.15) is 0 Å². The number of para-hydroxylation sites is 1. The fourth-order valence-corrected chi connectivity index (χ4v) is 2.94. The summed E-state index contributed by atoms with van der Waals surface area (Å²) in [7, 11) is 0. The molecular weight excluding hydrogens is 260 g/mol. The van der Waals surface area contributed by atoms with Crippen molar-refractivity contribution in [2.75, 3.05) is 0 Å². The van der Waals surface area contributed by atoms with Gasteiger partial charge in [-0.25, -0.2) is 4.98 Å². The Morgan fingerprint density at radius 3 is 2.95 bits per heavy atom. The summed E-state index contributed by atoms with van der Waals surface area (Å²) in [6.45, 7) is 0.609. The van der Waals surface area contributed by atoms with Gasteiger partial charge in [-0.15, -0.1) is 11.3 Å². The van der Waals surface area contributed by atoms with Crippen LogP contribution in [0.2, 0.25) is 0 Å². The Hall–Kier alpha value is -2.34. The zero-order chi connectivity index (χ0) is 13.2. The fraction of sp³-hybridized carbons (Fsp3) is 0.0769. The molecule has 0 aliphatic rings. The normalized spacial score (nSPS) is 12.1. The van der Waals surface area contributed by atoms with Gasteiger partial charge in [0.25, 0.3) is 0 Å². The van der Waals surface area contributed by atoms with Gasteiger partial charge in [0.05, 0.1) is 22.5 Å². The fourth-order valence-electron chi connectivity index (χ4n) is 1.97. The van der Waals surface area contributed by atoms with E-state index in [0.717, 1.165) is 15.2 Å². The summed E-state index contributed by atoms with van der Waals surface area (Å²) >= 11 is 1.65. The minimum absolute atomic E-state index is 0.103. The lowest BCUT2D eigenvalue weighted by atomic mass is 10.3. The van der Waals surface area contributed by atoms with E-state index >= 15 is 0 Å². The summed E-state index contributed by atoms with van der Waals surface area (Å²) < 4.78 is 3.07. The van der Waals surface area contributed by atoms with Crippen molar-refractivity contribution >= 4 is 27.4 Å². The maximum atomic E-state index is 8.75. The summed E-state index contributed by atoms with van der Waals surface area (Å²) in [6, 6.07) is 11.7. The minimum atomic E-state index is 0.103. The van der Waals surface area contributed by atoms with Gasteiger partial charge in [0, 0.05) is 6.20 Å². The number of fused-ring (bicyclic) bond motifs is 1. The number of nitrogens with zero attached hydrogens (tertiary/aromatic N) is 3. The third kappa shape index (κ3) is 2.17. The van der Waals surface area contributed by atoms with Crippen molar-refractivity contribution in [1.82, 2.24) is 9.55 Å². The van der Waals surface area contributed by atoms with E-state index in [9.17, 15) is 0 Å². The van der Waals surface area contributed by atoms with Crippen LogP contribution in [-0.4, -0.2) is 20.6 Å². The number of oxime groups is 1. The van der Waals surface area contributed by atoms with Crippen molar-refractivity contribution in [3.05, 3.63) is 53.3 Å². The molecule has 0 radical (unpaired) electrons. The number of nitrogens with two attached hydrogens (primary N) is 1. The lowest BCUT2D eigenvalue weighted by Crippen LogP contribution is -2.18. The third-order valence-corrected chi connectivity index (χ3v) is 3.86. The number of rotatable bonds is 3. The van der Waals surface area contributed by atoms with Crippen LogP contribution in [0.1, 0.15) is 10.7 Å². The molecule has 0 atom stereocenters. The molecule has 0 bridgehead atoms. The molecule has 5 nitrogen and oxygen atoms in total. The number of amidine groups is 1. The van der Waals surface area contributed by atoms with Gasteiger partial charge in [0.1, 0.15) is 5.01 Å². The molecule has 0 amide bonds. The first-order valence-corrected chi connectivity index (χ1v) is 6.57. The standard InChI is InChI=1S/C13H12N4OS/c14-13(16-18)10-5-3-7-17(10)8-12-15-9-4-1-2-6-11(9)19-12/h1-7,18H,8H2,(H2,14,16). The first-order valence-electron chi connectivity index (χ1n) is 5.75. The van der Waals surface area contributed by atoms with Crippen molar-refractivity contribution in [3.63, 3.8) is 0 Å². The predicted molar refractivity (Wildman–Crippen MR) is 75.7 cm³/mol. The van der Waals surface area contributed by atoms with E-state index in [1.54, 1.807) is 11.3 Å². The monoisotopic (exact) mass is 272 g/mol. The largest absolute Gasteiger partial charge is 0.409 e. The second-order valence-electron chi connectivity index (χ2n) is 4.08. The maximum Gasteiger partial charge on any atom is 0.186 e. The van der Waals surface area contributed by atoms with Crippen molar-refractivity contribution in [3.8, 4) is 0 Å². The van der Waals surface area contributed by atoms with E-state index in [2.05, 4.69) is 16.2 Å². The number of benzene rings is 1. The lowest BCUT2D eigenvalue weighted by molar-refractivity contribution is 0.318. The van der Waals surface area contributed by atoms with Crippen molar-refractivity contribution < 1.29 is 5.21 Å². The van der Waals surface area contributed by atoms with E-state index in [4.69, 9.17) is 10.9 Å². The smallest absolute Gasteiger partial charge is 0.186 e. The Morgan fingerprint density at radius 2 is 2.16 bits per heavy atom. The predicted octanol–water partition coefficient (Wildman–Crippen LogP) is 2.24. The molecule has 3 rings (SSSR count). The summed E-state index contributed by atoms with van der Waals surface area (Å²) in [5.74, 6) is 0.103. The summed E-state index contributed by atoms with van der Waals surface area (Å²) in [5, 5.41) is 12.8. The molecule has 2 aromatic heterocycles. The van der Waals surface area contributed by atoms with Crippen LogP contribution in [0, 0.1) is 0 Å². The molecule has 0 fully saturated rings. The second-order valence-corrected chi connectivity index (χ2v) is 5.20. The second kappa shape index (κ2) is 4.74. The topological polar surface area (TPSA) is 76.4 Å². The van der Waals surface area contributed by atoms with Gasteiger partial charge < -0.3 is 15.5 Å². The molecular formula is C13H12N4OS. The van der Waals surface area contributed by atoms with E-state index in [1.165, 1.54) is 0 Å². The number of thiazole rings is 1. The molecule has 0 aliphatic carbocycles. The Kier molecular flexibility index (Phi) is 2.92. The first-order chi connectivity index (χ1) is 9.28. The van der Waals surface area contributed by atoms with Crippen LogP contribution < -0.4 is 5.73 Å². The molecule has 6 heteroatoms. The molecule has 0 spiro atoms. The van der Waals surface area contributed by atoms with Crippen molar-refractivity contribution in [1.29, 1.82) is 0 Å². The van der Waals surface area contributed by atoms with Crippen molar-refractivity contribution in [2.24, 2.45) is 10.9 Å². The van der Waals surface area contributed by atoms with Gasteiger partial charge >= 0.3 is 0 Å². The van der Waals surface area contributed by atoms with Crippen molar-refractivity contribution in [2.45, 2.75) is 6.54 Å². The zero-order valence-corrected chi connectivity index (χ0v) is 10.8. The van der Waals surface area contributed by atoms with Gasteiger partial charge in [-0.05, 0) is 24.3 Å². The van der Waals surface area contributed by atoms with Gasteiger partial charge in [-0.1, -0.05) is 17.3 Å². The highest BCUT2D eigenvalue weighted by Gasteiger charge is 2.09. The van der Waals surface area contributed by atoms with Gasteiger partial charge in [0.15, 0.2) is 5.84 Å². The van der Waals surface area contributed by atoms with Crippen LogP contribution in [0.15, 0.2) is 47.8 Å². The molecule has 0 aliphatic heterocycles. The summed E-state index contributed by atoms with van der Waals surface area (Å²) in [6.07, 6.45) is 1.89. The van der Waals surface area contributed by atoms with E-state index in [-0.39, 0.29) is 5.84 Å². The zero-order valence-electron chi connectivity index (χ0n) is 10.0. The molecule has 0 unspecified atom stereocenters. The van der Waals surface area contributed by atoms with E-state index in [0.29, 0.717) is 12.2 Å². The number of hydrogen-bond acceptors (Lipinski definition) is 4. The Morgan fingerprint density at radius 1 is 1.32 bits per heavy atom. The summed E-state index contributed by atoms with van der Waals surface area (Å²) in [4.78, 5) is 4.57. The molecule has 3 aromatic rings. The third-order valence-electron chi connectivity index (χ3n) is 2.84. The van der Waals surface area contributed by atoms with E-state index in [1.807, 2.05) is 41.1 Å². The minimum Gasteiger partial charge on any atom is -0.409 e. The molecule has 1 aromatic carbocycles. The molecule has 96 valence electrons. The molecule has 3 N–H and O–H groups in total. The Labute approximate surface area is 113 Å². The van der Waals surface area contributed by atoms with Crippen LogP contribution in [0.4, 0.5) is 0 Å². The SMILES string of the molecule is N/C(=N/O)c1cccn1Cc1nc2ccccc2s1. The molecule has 0 saturated heterocycles. The van der Waals surface area contributed by atoms with Crippen LogP contribution in [0.25, 0.3) is 10.2 Å². The highest BCUT2D eigenvalue weighted by Crippen LogP contribution is 2.22. The van der Waals surface area contributed by atoms with E-state index < -0.39 is 0 Å². The van der Waals surface area contributed by atoms with Crippen LogP contribution in [0.3, 0.4) is 0 Å². The summed E-state index contributed by atoms with van der Waals surface area (Å²) in [5.41, 5.74) is 7.31. The lowest BCUT2D eigenvalue weighted by Gasteiger charge is -2.05. The molecule has 0 saturated carbocycles. The highest BCUT2D eigenvalue weighted by atomic mass is 32.1. The van der Waals surface area contributed by atoms with Crippen LogP contribution in [0.5, 0.6) is 0 Å². The number of hydrogen-bond donors (Lipinski definition) is 2. The van der Waals surface area contributed by atoms with Gasteiger partial charge in [0.2, 0.25) is 0 Å². The maximum absolute atomic E-state index is 8.75. The average molecular weight is 272 g/mol. The molecule has 19 heavy (non-hydrogen) atoms. The Bertz CT molecular complexity index is 711. The van der Waals surface area contributed by atoms with Crippen LogP contribution in [-0.2, 0) is 6.54 Å². The Balaban J connectivity index is 1.95. The first kappa shape index (κ1) is 11.7. The van der Waals surface area contributed by atoms with Gasteiger partial charge in [-0.3, -0.25) is 0 Å². The molecule has 2 heterocycles. The quantitative estimate of drug-likeness (QED) is 0.332. The average Bonchev–Trinajstić information content (AvgIpc) is 3.04. The number of aromatic nitrogens is 2. The highest BCUT2D eigenvalue weighted by molar-refractivity contribution is 7.18.